The summed E-state index contributed by atoms with van der Waals surface area (Å²) >= 11 is 4.43. The van der Waals surface area contributed by atoms with Crippen molar-refractivity contribution in [2.24, 2.45) is 51.2 Å². The van der Waals surface area contributed by atoms with E-state index in [4.69, 9.17) is 14.2 Å². The third kappa shape index (κ3) is 14.2. The Bertz CT molecular complexity index is 2660. The number of hydrogen-bond donors (Lipinski definition) is 0. The number of thioether (sulfide) groups is 4. The first-order chi connectivity index (χ1) is 35.4. The molecule has 0 aromatic heterocycles. The van der Waals surface area contributed by atoms with Crippen molar-refractivity contribution < 1.29 is 38.2 Å². The van der Waals surface area contributed by atoms with Gasteiger partial charge in [-0.15, -0.1) is 0 Å². The van der Waals surface area contributed by atoms with Crippen LogP contribution in [0.25, 0.3) is 0 Å². The topological polar surface area (TPSA) is 143 Å². The first-order valence-corrected chi connectivity index (χ1v) is 29.9. The molecule has 408 valence electrons. The number of fused-ring (bicyclic) bond motifs is 2. The van der Waals surface area contributed by atoms with E-state index in [9.17, 15) is 29.2 Å². The number of amides is 2. The van der Waals surface area contributed by atoms with Crippen molar-refractivity contribution in [3.05, 3.63) is 91.4 Å². The fourth-order valence-corrected chi connectivity index (χ4v) is 16.6. The van der Waals surface area contributed by atoms with Crippen molar-refractivity contribution in [2.45, 2.75) is 181 Å². The molecule has 3 aromatic rings. The molecule has 4 aliphatic rings. The summed E-state index contributed by atoms with van der Waals surface area (Å²) in [5.41, 5.74) is 0.914. The van der Waals surface area contributed by atoms with Gasteiger partial charge in [-0.3, -0.25) is 19.2 Å². The molecule has 1 aliphatic carbocycles. The molecule has 7 rings (SSSR count). The predicted molar refractivity (Wildman–Crippen MR) is 305 cm³/mol. The van der Waals surface area contributed by atoms with Crippen LogP contribution in [-0.4, -0.2) is 45.8 Å². The van der Waals surface area contributed by atoms with Gasteiger partial charge in [0.15, 0.2) is 17.1 Å². The van der Waals surface area contributed by atoms with Gasteiger partial charge in [-0.1, -0.05) is 212 Å². The molecule has 4 unspecified atom stereocenters. The van der Waals surface area contributed by atoms with Crippen LogP contribution in [0.1, 0.15) is 154 Å². The van der Waals surface area contributed by atoms with Gasteiger partial charge in [-0.25, -0.2) is 14.8 Å². The number of hydrazine groups is 1. The number of benzene rings is 3. The second-order valence-corrected chi connectivity index (χ2v) is 30.6. The van der Waals surface area contributed by atoms with Crippen LogP contribution in [0.15, 0.2) is 99.9 Å². The number of ether oxygens (including phenoxy) is 3. The zero-order chi connectivity index (χ0) is 55.8. The average Bonchev–Trinajstić information content (AvgIpc) is 4.02. The van der Waals surface area contributed by atoms with Gasteiger partial charge in [0.05, 0.1) is 41.1 Å². The van der Waals surface area contributed by atoms with Crippen LogP contribution in [0.2, 0.25) is 0 Å². The van der Waals surface area contributed by atoms with Crippen LogP contribution in [-0.2, 0) is 41.8 Å². The quantitative estimate of drug-likeness (QED) is 0.0497. The minimum Gasteiger partial charge on any atom is -0.458 e. The highest BCUT2D eigenvalue weighted by molar-refractivity contribution is 8.26. The van der Waals surface area contributed by atoms with Crippen LogP contribution in [0, 0.1) is 62.6 Å². The highest BCUT2D eigenvalue weighted by Crippen LogP contribution is 2.69. The fourth-order valence-electron chi connectivity index (χ4n) is 11.2. The summed E-state index contributed by atoms with van der Waals surface area (Å²) in [6.45, 7) is 32.3. The van der Waals surface area contributed by atoms with E-state index in [-0.39, 0.29) is 93.9 Å². The molecule has 0 spiro atoms. The highest BCUT2D eigenvalue weighted by atomic mass is 32.2. The summed E-state index contributed by atoms with van der Waals surface area (Å²) in [7, 11) is 0. The van der Waals surface area contributed by atoms with Gasteiger partial charge in [0.25, 0.3) is 11.8 Å². The summed E-state index contributed by atoms with van der Waals surface area (Å²) in [6, 6.07) is 21.2. The first kappa shape index (κ1) is 59.0. The van der Waals surface area contributed by atoms with E-state index in [1.807, 2.05) is 74.5 Å². The lowest BCUT2D eigenvalue weighted by atomic mass is 9.59. The second kappa shape index (κ2) is 23.4. The van der Waals surface area contributed by atoms with Crippen molar-refractivity contribution in [3.8, 4) is 17.6 Å². The molecular weight excluding hydrogens is 1030 g/mol. The Kier molecular flexibility index (Phi) is 18.2. The van der Waals surface area contributed by atoms with E-state index in [0.29, 0.717) is 34.0 Å². The van der Waals surface area contributed by atoms with Crippen molar-refractivity contribution >= 4 is 76.8 Å². The summed E-state index contributed by atoms with van der Waals surface area (Å²) in [5, 5.41) is 13.9. The molecule has 3 aliphatic heterocycles. The summed E-state index contributed by atoms with van der Waals surface area (Å²) in [5.74, 6) is -2.04. The Hall–Kier alpha value is -4.62. The molecule has 2 amide bonds. The van der Waals surface area contributed by atoms with Crippen LogP contribution >= 0.6 is 47.0 Å². The SMILES string of the molecule is CC1CC(C(C)(C)C)C(OC(=O)C(C#N)=C2Sc3c(OC(=O)CC(C)CC(C)(C)C)c4c(c(OC(=O)CC(C)CC(C)(C)C)c3S2)SC(=C2C(=O)N(Cc3ccccc3)N(Cc3ccccc3)C2=O)S4)C(C(C)(C)C)C1. The monoisotopic (exact) mass is 1110 g/mol. The third-order valence-corrected chi connectivity index (χ3v) is 19.4. The Balaban J connectivity index is 1.37. The fraction of sp³-hybridized carbons (Fsp3) is 0.541. The number of nitrogens with zero attached hydrogens (tertiary/aromatic N) is 3. The molecule has 15 heteroatoms. The van der Waals surface area contributed by atoms with E-state index in [1.54, 1.807) is 0 Å². The zero-order valence-electron chi connectivity index (χ0n) is 47.1. The molecule has 3 heterocycles. The Labute approximate surface area is 468 Å². The highest BCUT2D eigenvalue weighted by Gasteiger charge is 2.50. The summed E-state index contributed by atoms with van der Waals surface area (Å²) < 4.78 is 20.2. The molecule has 76 heavy (non-hydrogen) atoms. The van der Waals surface area contributed by atoms with Crippen molar-refractivity contribution in [1.29, 1.82) is 5.26 Å². The number of hydrogen-bond acceptors (Lipinski definition) is 13. The molecule has 0 bridgehead atoms. The molecule has 4 atom stereocenters. The standard InChI is InChI=1S/C61H77N3O8S4/c1-35-26-41(60(10,11)12)46(42(27-35)61(13,14)15)72-55(69)40(32-62)56-73-49-47(70-43(65)28-36(2)30-58(4,5)6)51-52(48(50(49)74-56)71-44(66)29-37(3)31-59(7,8)9)76-57(75-51)45-53(67)63(33-38-22-18-16-19-23-38)64(54(45)68)34-39-24-20-17-21-25-39/h16-25,35-37,41-42,46H,26-31,33-34H2,1-15H3. The van der Waals surface area contributed by atoms with Gasteiger partial charge in [0.2, 0.25) is 0 Å². The number of carbonyl (C=O) groups is 5. The first-order valence-electron chi connectivity index (χ1n) is 26.6. The number of rotatable bonds is 14. The molecule has 3 aromatic carbocycles. The largest absolute Gasteiger partial charge is 0.458 e. The number of carbonyl (C=O) groups excluding carboxylic acids is 5. The van der Waals surface area contributed by atoms with Crippen molar-refractivity contribution in [3.63, 3.8) is 0 Å². The van der Waals surface area contributed by atoms with Gasteiger partial charge in [-0.05, 0) is 76.2 Å². The Morgan fingerprint density at radius 2 is 1.01 bits per heavy atom. The van der Waals surface area contributed by atoms with Crippen LogP contribution < -0.4 is 9.47 Å². The summed E-state index contributed by atoms with van der Waals surface area (Å²) in [6.07, 6.45) is 2.98. The van der Waals surface area contributed by atoms with E-state index in [0.717, 1.165) is 83.9 Å². The minimum atomic E-state index is -0.737. The normalized spacial score (nSPS) is 20.8. The maximum atomic E-state index is 14.9. The maximum absolute atomic E-state index is 14.9. The predicted octanol–water partition coefficient (Wildman–Crippen LogP) is 15.4. The smallest absolute Gasteiger partial charge is 0.350 e. The van der Waals surface area contributed by atoms with E-state index >= 15 is 0 Å². The lowest BCUT2D eigenvalue weighted by Crippen LogP contribution is -2.49. The van der Waals surface area contributed by atoms with Crippen LogP contribution in [0.3, 0.4) is 0 Å². The second-order valence-electron chi connectivity index (χ2n) is 26.0. The van der Waals surface area contributed by atoms with E-state index in [1.165, 1.54) is 10.0 Å². The van der Waals surface area contributed by atoms with E-state index < -0.39 is 35.8 Å². The summed E-state index contributed by atoms with van der Waals surface area (Å²) in [4.78, 5) is 74.7. The van der Waals surface area contributed by atoms with Gasteiger partial charge in [-0.2, -0.15) is 5.26 Å². The average molecular weight is 1110 g/mol. The van der Waals surface area contributed by atoms with Gasteiger partial charge < -0.3 is 14.2 Å². The molecule has 1 saturated carbocycles. The van der Waals surface area contributed by atoms with Crippen molar-refractivity contribution in [2.75, 3.05) is 0 Å². The maximum Gasteiger partial charge on any atom is 0.350 e. The van der Waals surface area contributed by atoms with Gasteiger partial charge in [0.1, 0.15) is 17.7 Å². The lowest BCUT2D eigenvalue weighted by Gasteiger charge is -2.50. The minimum absolute atomic E-state index is 0.0311. The molecule has 1 saturated heterocycles. The Morgan fingerprint density at radius 3 is 1.37 bits per heavy atom. The number of esters is 3. The Morgan fingerprint density at radius 1 is 0.632 bits per heavy atom. The molecule has 11 nitrogen and oxygen atoms in total. The molecule has 0 N–H and O–H groups in total. The van der Waals surface area contributed by atoms with Gasteiger partial charge >= 0.3 is 17.9 Å². The lowest BCUT2D eigenvalue weighted by molar-refractivity contribution is -0.164. The molecule has 0 radical (unpaired) electrons. The number of nitriles is 1. The van der Waals surface area contributed by atoms with Crippen LogP contribution in [0.5, 0.6) is 11.5 Å². The van der Waals surface area contributed by atoms with Crippen LogP contribution in [0.4, 0.5) is 0 Å². The van der Waals surface area contributed by atoms with E-state index in [2.05, 4.69) is 96.1 Å². The van der Waals surface area contributed by atoms with Crippen molar-refractivity contribution in [1.82, 2.24) is 10.0 Å². The van der Waals surface area contributed by atoms with Gasteiger partial charge in [0, 0.05) is 24.7 Å². The zero-order valence-corrected chi connectivity index (χ0v) is 50.4. The molecule has 2 fully saturated rings. The third-order valence-electron chi connectivity index (χ3n) is 14.2. The molecular formula is C61H77N3O8S4.